The maximum atomic E-state index is 10.5. The molecule has 0 saturated heterocycles. The molecule has 0 amide bonds. The summed E-state index contributed by atoms with van der Waals surface area (Å²) >= 11 is 1.71. The van der Waals surface area contributed by atoms with Crippen LogP contribution in [-0.2, 0) is 17.6 Å². The fraction of sp³-hybridized carbons (Fsp3) is 0.600. The molecule has 0 fully saturated rings. The lowest BCUT2D eigenvalue weighted by atomic mass is 10.1. The van der Waals surface area contributed by atoms with E-state index < -0.39 is 0 Å². The first kappa shape index (κ1) is 15.1. The number of allylic oxidation sites excluding steroid dienone is 1. The topological polar surface area (TPSA) is 30.0 Å². The minimum Gasteiger partial charge on any atom is -0.298 e. The Morgan fingerprint density at radius 3 is 2.78 bits per heavy atom. The number of unbranched alkanes of at least 4 members (excludes halogenated alkanes) is 5. The molecule has 0 bridgehead atoms. The molecular formula is C15H23NOS. The summed E-state index contributed by atoms with van der Waals surface area (Å²) in [4.78, 5) is 16.2. The second-order valence-electron chi connectivity index (χ2n) is 4.69. The van der Waals surface area contributed by atoms with Crippen molar-refractivity contribution in [2.45, 2.75) is 58.3 Å². The first-order valence-electron chi connectivity index (χ1n) is 6.82. The van der Waals surface area contributed by atoms with Crippen molar-refractivity contribution in [3.63, 3.8) is 0 Å². The van der Waals surface area contributed by atoms with Crippen molar-refractivity contribution in [2.75, 3.05) is 0 Å². The van der Waals surface area contributed by atoms with Crippen LogP contribution in [0.2, 0.25) is 0 Å². The van der Waals surface area contributed by atoms with Crippen LogP contribution in [-0.4, -0.2) is 11.3 Å². The quantitative estimate of drug-likeness (QED) is 0.358. The van der Waals surface area contributed by atoms with E-state index in [0.29, 0.717) is 12.0 Å². The van der Waals surface area contributed by atoms with Crippen LogP contribution < -0.4 is 0 Å². The summed E-state index contributed by atoms with van der Waals surface area (Å²) in [5, 5.41) is 1.01. The van der Waals surface area contributed by atoms with Gasteiger partial charge >= 0.3 is 0 Å². The van der Waals surface area contributed by atoms with E-state index in [9.17, 15) is 4.79 Å². The molecule has 1 aromatic rings. The van der Waals surface area contributed by atoms with Gasteiger partial charge in [0.1, 0.15) is 6.29 Å². The second-order valence-corrected chi connectivity index (χ2v) is 5.89. The van der Waals surface area contributed by atoms with Crippen LogP contribution in [0.5, 0.6) is 0 Å². The van der Waals surface area contributed by atoms with E-state index in [4.69, 9.17) is 0 Å². The zero-order valence-corrected chi connectivity index (χ0v) is 12.1. The van der Waals surface area contributed by atoms with Crippen LogP contribution in [0.4, 0.5) is 0 Å². The van der Waals surface area contributed by atoms with Crippen molar-refractivity contribution in [1.29, 1.82) is 0 Å². The fourth-order valence-electron chi connectivity index (χ4n) is 1.86. The van der Waals surface area contributed by atoms with E-state index in [1.54, 1.807) is 11.3 Å². The molecule has 0 radical (unpaired) electrons. The molecule has 0 unspecified atom stereocenters. The van der Waals surface area contributed by atoms with Crippen molar-refractivity contribution in [3.05, 3.63) is 28.2 Å². The maximum absolute atomic E-state index is 10.5. The highest BCUT2D eigenvalue weighted by Gasteiger charge is 2.03. The first-order valence-corrected chi connectivity index (χ1v) is 7.64. The molecule has 100 valence electrons. The van der Waals surface area contributed by atoms with Gasteiger partial charge in [-0.15, -0.1) is 11.3 Å². The number of aromatic nitrogens is 1. The smallest absolute Gasteiger partial charge is 0.145 e. The molecule has 1 aromatic heterocycles. The summed E-state index contributed by atoms with van der Waals surface area (Å²) in [7, 11) is 0. The van der Waals surface area contributed by atoms with Crippen molar-refractivity contribution in [2.24, 2.45) is 0 Å². The molecular weight excluding hydrogens is 242 g/mol. The Hall–Kier alpha value is -0.960. The molecule has 18 heavy (non-hydrogen) atoms. The minimum atomic E-state index is 0.602. The number of hydrogen-bond donors (Lipinski definition) is 0. The third-order valence-electron chi connectivity index (χ3n) is 2.92. The second kappa shape index (κ2) is 9.03. The predicted molar refractivity (Wildman–Crippen MR) is 78.1 cm³/mol. The Morgan fingerprint density at radius 1 is 1.33 bits per heavy atom. The third kappa shape index (κ3) is 6.10. The zero-order valence-electron chi connectivity index (χ0n) is 11.3. The van der Waals surface area contributed by atoms with E-state index in [0.717, 1.165) is 17.7 Å². The largest absolute Gasteiger partial charge is 0.298 e. The van der Waals surface area contributed by atoms with Crippen LogP contribution >= 0.6 is 11.3 Å². The highest BCUT2D eigenvalue weighted by molar-refractivity contribution is 7.11. The lowest BCUT2D eigenvalue weighted by Gasteiger charge is -1.98. The zero-order chi connectivity index (χ0) is 13.2. The number of carbonyl (C=O) groups is 1. The minimum absolute atomic E-state index is 0.602. The molecule has 0 spiro atoms. The number of aryl methyl sites for hydroxylation is 1. The van der Waals surface area contributed by atoms with E-state index >= 15 is 0 Å². The first-order chi connectivity index (χ1) is 8.76. The van der Waals surface area contributed by atoms with Crippen LogP contribution in [0.15, 0.2) is 18.3 Å². The molecule has 3 heteroatoms. The van der Waals surface area contributed by atoms with E-state index in [1.807, 2.05) is 6.20 Å². The van der Waals surface area contributed by atoms with Gasteiger partial charge < -0.3 is 0 Å². The molecule has 0 aliphatic rings. The number of rotatable bonds is 10. The van der Waals surface area contributed by atoms with Crippen LogP contribution in [0.1, 0.15) is 55.3 Å². The van der Waals surface area contributed by atoms with E-state index in [-0.39, 0.29) is 0 Å². The highest BCUT2D eigenvalue weighted by atomic mass is 32.1. The van der Waals surface area contributed by atoms with Crippen molar-refractivity contribution in [3.8, 4) is 0 Å². The number of carbonyl (C=O) groups excluding carboxylic acids is 1. The van der Waals surface area contributed by atoms with Gasteiger partial charge in [0.25, 0.3) is 0 Å². The van der Waals surface area contributed by atoms with Gasteiger partial charge in [0.15, 0.2) is 0 Å². The summed E-state index contributed by atoms with van der Waals surface area (Å²) in [6, 6.07) is 0. The lowest BCUT2D eigenvalue weighted by Crippen LogP contribution is -1.87. The molecule has 1 heterocycles. The average Bonchev–Trinajstić information content (AvgIpc) is 2.81. The molecule has 0 aliphatic carbocycles. The Morgan fingerprint density at radius 2 is 2.06 bits per heavy atom. The van der Waals surface area contributed by atoms with Gasteiger partial charge in [0.05, 0.1) is 5.01 Å². The number of hydrogen-bond acceptors (Lipinski definition) is 3. The highest BCUT2D eigenvalue weighted by Crippen LogP contribution is 2.18. The van der Waals surface area contributed by atoms with Gasteiger partial charge in [0.2, 0.25) is 0 Å². The number of nitrogens with zero attached hydrogens (tertiary/aromatic N) is 1. The fourth-order valence-corrected chi connectivity index (χ4v) is 2.88. The van der Waals surface area contributed by atoms with Gasteiger partial charge in [-0.3, -0.25) is 4.79 Å². The SMILES string of the molecule is C=C(C=O)Cc1ncc(CCCCCCCC)s1. The summed E-state index contributed by atoms with van der Waals surface area (Å²) in [5.41, 5.74) is 0.607. The standard InChI is InChI=1S/C15H23NOS/c1-3-4-5-6-7-8-9-14-11-16-15(18-14)10-13(2)12-17/h11-12H,2-10H2,1H3. The van der Waals surface area contributed by atoms with Crippen molar-refractivity contribution < 1.29 is 4.79 Å². The molecule has 0 N–H and O–H groups in total. The molecule has 0 saturated carbocycles. The van der Waals surface area contributed by atoms with Crippen molar-refractivity contribution in [1.82, 2.24) is 4.98 Å². The van der Waals surface area contributed by atoms with Crippen molar-refractivity contribution >= 4 is 17.6 Å². The summed E-state index contributed by atoms with van der Waals surface area (Å²) in [6.45, 7) is 5.92. The van der Waals surface area contributed by atoms with Gasteiger partial charge in [-0.05, 0) is 18.4 Å². The van der Waals surface area contributed by atoms with Gasteiger partial charge in [-0.1, -0.05) is 45.6 Å². The van der Waals surface area contributed by atoms with Gasteiger partial charge in [-0.2, -0.15) is 0 Å². The maximum Gasteiger partial charge on any atom is 0.145 e. The summed E-state index contributed by atoms with van der Waals surface area (Å²) < 4.78 is 0. The molecule has 1 rings (SSSR count). The van der Waals surface area contributed by atoms with Crippen LogP contribution in [0.3, 0.4) is 0 Å². The Kier molecular flexibility index (Phi) is 7.58. The molecule has 2 nitrogen and oxygen atoms in total. The molecule has 0 atom stereocenters. The molecule has 0 aliphatic heterocycles. The van der Waals surface area contributed by atoms with Gasteiger partial charge in [-0.25, -0.2) is 4.98 Å². The third-order valence-corrected chi connectivity index (χ3v) is 3.98. The lowest BCUT2D eigenvalue weighted by molar-refractivity contribution is -0.104. The van der Waals surface area contributed by atoms with Crippen LogP contribution in [0, 0.1) is 0 Å². The Balaban J connectivity index is 2.19. The number of aldehydes is 1. The monoisotopic (exact) mass is 265 g/mol. The van der Waals surface area contributed by atoms with E-state index in [1.165, 1.54) is 43.4 Å². The molecule has 0 aromatic carbocycles. The summed E-state index contributed by atoms with van der Waals surface area (Å²) in [5.74, 6) is 0. The van der Waals surface area contributed by atoms with E-state index in [2.05, 4.69) is 18.5 Å². The normalized spacial score (nSPS) is 10.5. The van der Waals surface area contributed by atoms with Gasteiger partial charge in [0, 0.05) is 17.5 Å². The summed E-state index contributed by atoms with van der Waals surface area (Å²) in [6.07, 6.45) is 12.4. The van der Waals surface area contributed by atoms with Crippen LogP contribution in [0.25, 0.3) is 0 Å². The Labute approximate surface area is 114 Å². The average molecular weight is 265 g/mol. The number of thiazole rings is 1. The predicted octanol–water partition coefficient (Wildman–Crippen LogP) is 4.34. The Bertz CT molecular complexity index is 370.